The number of rotatable bonds is 4. The number of benzene rings is 6. The van der Waals surface area contributed by atoms with Crippen molar-refractivity contribution < 1.29 is 4.42 Å². The number of hydrogen-bond acceptors (Lipinski definition) is 4. The van der Waals surface area contributed by atoms with Gasteiger partial charge in [0, 0.05) is 32.9 Å². The summed E-state index contributed by atoms with van der Waals surface area (Å²) in [7, 11) is 0. The summed E-state index contributed by atoms with van der Waals surface area (Å²) in [6.45, 7) is 4.63. The Bertz CT molecular complexity index is 2380. The molecule has 9 rings (SSSR count). The number of para-hydroxylation sites is 1. The summed E-state index contributed by atoms with van der Waals surface area (Å²) in [4.78, 5) is 15.4. The molecule has 0 saturated carbocycles. The molecule has 4 nitrogen and oxygen atoms in total. The zero-order valence-electron chi connectivity index (χ0n) is 25.5. The van der Waals surface area contributed by atoms with E-state index in [1.54, 1.807) is 0 Å². The van der Waals surface area contributed by atoms with Gasteiger partial charge in [-0.15, -0.1) is 0 Å². The van der Waals surface area contributed by atoms with Crippen molar-refractivity contribution in [3.05, 3.63) is 151 Å². The van der Waals surface area contributed by atoms with Gasteiger partial charge in [0.25, 0.3) is 0 Å². The van der Waals surface area contributed by atoms with Crippen LogP contribution >= 0.6 is 0 Å². The smallest absolute Gasteiger partial charge is 0.165 e. The molecular formula is C42H29N3O. The minimum Gasteiger partial charge on any atom is -0.456 e. The van der Waals surface area contributed by atoms with Gasteiger partial charge in [-0.25, -0.2) is 15.0 Å². The molecule has 8 aromatic rings. The molecule has 0 radical (unpaired) electrons. The van der Waals surface area contributed by atoms with Gasteiger partial charge in [0.15, 0.2) is 17.5 Å². The number of fused-ring (bicyclic) bond motifs is 6. The summed E-state index contributed by atoms with van der Waals surface area (Å²) in [5, 5.41) is 2.03. The van der Waals surface area contributed by atoms with Crippen LogP contribution in [0.5, 0.6) is 0 Å². The Morgan fingerprint density at radius 1 is 0.457 bits per heavy atom. The van der Waals surface area contributed by atoms with Crippen LogP contribution in [-0.4, -0.2) is 15.0 Å². The molecule has 0 fully saturated rings. The first-order valence-electron chi connectivity index (χ1n) is 15.6. The molecule has 0 bridgehead atoms. The van der Waals surface area contributed by atoms with E-state index in [1.165, 1.54) is 22.3 Å². The van der Waals surface area contributed by atoms with E-state index >= 15 is 0 Å². The van der Waals surface area contributed by atoms with Crippen LogP contribution in [0.15, 0.2) is 144 Å². The molecule has 2 aromatic heterocycles. The van der Waals surface area contributed by atoms with E-state index in [0.29, 0.717) is 17.5 Å². The molecule has 0 aliphatic heterocycles. The summed E-state index contributed by atoms with van der Waals surface area (Å²) in [6, 6.07) is 48.3. The van der Waals surface area contributed by atoms with Crippen molar-refractivity contribution in [3.63, 3.8) is 0 Å². The summed E-state index contributed by atoms with van der Waals surface area (Å²) < 4.78 is 6.41. The van der Waals surface area contributed by atoms with E-state index in [4.69, 9.17) is 19.4 Å². The number of hydrogen-bond donors (Lipinski definition) is 0. The highest BCUT2D eigenvalue weighted by molar-refractivity contribution is 6.15. The van der Waals surface area contributed by atoms with Gasteiger partial charge in [0.2, 0.25) is 0 Å². The van der Waals surface area contributed by atoms with Crippen LogP contribution in [0.2, 0.25) is 0 Å². The summed E-state index contributed by atoms with van der Waals surface area (Å²) in [5.74, 6) is 1.87. The van der Waals surface area contributed by atoms with Crippen LogP contribution < -0.4 is 0 Å². The van der Waals surface area contributed by atoms with Crippen molar-refractivity contribution in [1.82, 2.24) is 15.0 Å². The molecular weight excluding hydrogens is 562 g/mol. The van der Waals surface area contributed by atoms with Gasteiger partial charge in [-0.05, 0) is 57.6 Å². The Morgan fingerprint density at radius 3 is 1.80 bits per heavy atom. The first-order valence-corrected chi connectivity index (χ1v) is 15.6. The molecule has 46 heavy (non-hydrogen) atoms. The number of aromatic nitrogens is 3. The van der Waals surface area contributed by atoms with Gasteiger partial charge in [-0.3, -0.25) is 0 Å². The Hall–Kier alpha value is -5.87. The van der Waals surface area contributed by atoms with Crippen molar-refractivity contribution in [2.75, 3.05) is 0 Å². The maximum Gasteiger partial charge on any atom is 0.165 e. The fourth-order valence-corrected chi connectivity index (χ4v) is 7.10. The molecule has 0 saturated heterocycles. The SMILES string of the molecule is CC1(C)c2ccccc2-c2cc(-c3ccc4oc5ccccc5c4c3-c3nc(-c4ccccc4)nc(-c4ccccc4)n3)ccc21. The largest absolute Gasteiger partial charge is 0.456 e. The van der Waals surface area contributed by atoms with Gasteiger partial charge in [-0.2, -0.15) is 0 Å². The van der Waals surface area contributed by atoms with Gasteiger partial charge in [0.1, 0.15) is 11.2 Å². The van der Waals surface area contributed by atoms with Crippen molar-refractivity contribution in [1.29, 1.82) is 0 Å². The molecule has 0 atom stereocenters. The van der Waals surface area contributed by atoms with Crippen molar-refractivity contribution in [2.45, 2.75) is 19.3 Å². The molecule has 218 valence electrons. The van der Waals surface area contributed by atoms with E-state index in [1.807, 2.05) is 72.8 Å². The highest BCUT2D eigenvalue weighted by atomic mass is 16.3. The molecule has 6 aromatic carbocycles. The van der Waals surface area contributed by atoms with Crippen LogP contribution in [0.1, 0.15) is 25.0 Å². The maximum absolute atomic E-state index is 6.41. The second-order valence-corrected chi connectivity index (χ2v) is 12.4. The van der Waals surface area contributed by atoms with Crippen molar-refractivity contribution in [3.8, 4) is 56.4 Å². The van der Waals surface area contributed by atoms with Gasteiger partial charge >= 0.3 is 0 Å². The lowest BCUT2D eigenvalue weighted by molar-refractivity contribution is 0.660. The maximum atomic E-state index is 6.41. The quantitative estimate of drug-likeness (QED) is 0.204. The first kappa shape index (κ1) is 26.5. The predicted octanol–water partition coefficient (Wildman–Crippen LogP) is 10.7. The Labute approximate surface area is 267 Å². The highest BCUT2D eigenvalue weighted by Gasteiger charge is 2.35. The first-order chi connectivity index (χ1) is 22.6. The minimum absolute atomic E-state index is 0.0681. The van der Waals surface area contributed by atoms with Crippen LogP contribution in [0.3, 0.4) is 0 Å². The fraction of sp³-hybridized carbons (Fsp3) is 0.0714. The fourth-order valence-electron chi connectivity index (χ4n) is 7.10. The van der Waals surface area contributed by atoms with Crippen molar-refractivity contribution in [2.24, 2.45) is 0 Å². The van der Waals surface area contributed by atoms with E-state index in [9.17, 15) is 0 Å². The van der Waals surface area contributed by atoms with Crippen LogP contribution in [0.25, 0.3) is 78.4 Å². The Balaban J connectivity index is 1.37. The monoisotopic (exact) mass is 591 g/mol. The third-order valence-corrected chi connectivity index (χ3v) is 9.36. The molecule has 2 heterocycles. The van der Waals surface area contributed by atoms with Gasteiger partial charge < -0.3 is 4.42 Å². The molecule has 0 N–H and O–H groups in total. The molecule has 0 spiro atoms. The Kier molecular flexibility index (Phi) is 5.81. The third-order valence-electron chi connectivity index (χ3n) is 9.36. The standard InChI is InChI=1S/C42H29N3O/c1-42(2)33-19-11-9-17-30(33)32-25-28(21-23-34(32)42)29-22-24-36-37(31-18-10-12-20-35(31)46-36)38(29)41-44-39(26-13-5-3-6-14-26)43-40(45-41)27-15-7-4-8-16-27/h3-25H,1-2H3. The summed E-state index contributed by atoms with van der Waals surface area (Å²) in [5.41, 5.74) is 11.8. The molecule has 0 amide bonds. The highest BCUT2D eigenvalue weighted by Crippen LogP contribution is 2.50. The topological polar surface area (TPSA) is 51.8 Å². The second kappa shape index (κ2) is 10.1. The van der Waals surface area contributed by atoms with E-state index in [2.05, 4.69) is 80.6 Å². The second-order valence-electron chi connectivity index (χ2n) is 12.4. The molecule has 1 aliphatic carbocycles. The molecule has 1 aliphatic rings. The van der Waals surface area contributed by atoms with Crippen LogP contribution in [0.4, 0.5) is 0 Å². The van der Waals surface area contributed by atoms with E-state index < -0.39 is 0 Å². The third kappa shape index (κ3) is 4.04. The zero-order chi connectivity index (χ0) is 30.8. The Morgan fingerprint density at radius 2 is 1.07 bits per heavy atom. The molecule has 4 heteroatoms. The normalized spacial score (nSPS) is 13.2. The average Bonchev–Trinajstić information content (AvgIpc) is 3.60. The van der Waals surface area contributed by atoms with E-state index in [0.717, 1.165) is 49.8 Å². The predicted molar refractivity (Wildman–Crippen MR) is 186 cm³/mol. The molecule has 0 unspecified atom stereocenters. The lowest BCUT2D eigenvalue weighted by atomic mass is 9.82. The summed E-state index contributed by atoms with van der Waals surface area (Å²) >= 11 is 0. The minimum atomic E-state index is -0.0681. The van der Waals surface area contributed by atoms with Crippen LogP contribution in [0, 0.1) is 0 Å². The van der Waals surface area contributed by atoms with Gasteiger partial charge in [0.05, 0.1) is 0 Å². The van der Waals surface area contributed by atoms with Crippen LogP contribution in [-0.2, 0) is 5.41 Å². The van der Waals surface area contributed by atoms with Crippen molar-refractivity contribution >= 4 is 21.9 Å². The number of nitrogens with zero attached hydrogens (tertiary/aromatic N) is 3. The number of furan rings is 1. The average molecular weight is 592 g/mol. The van der Waals surface area contributed by atoms with E-state index in [-0.39, 0.29) is 5.41 Å². The van der Waals surface area contributed by atoms with Gasteiger partial charge in [-0.1, -0.05) is 129 Å². The summed E-state index contributed by atoms with van der Waals surface area (Å²) in [6.07, 6.45) is 0. The lowest BCUT2D eigenvalue weighted by Gasteiger charge is -2.21. The zero-order valence-corrected chi connectivity index (χ0v) is 25.5. The lowest BCUT2D eigenvalue weighted by Crippen LogP contribution is -2.14.